The van der Waals surface area contributed by atoms with E-state index in [-0.39, 0.29) is 0 Å². The molecular weight excluding hydrogens is 627 g/mol. The first kappa shape index (κ1) is 28.6. The summed E-state index contributed by atoms with van der Waals surface area (Å²) >= 11 is 1.86. The molecule has 0 saturated carbocycles. The largest absolute Gasteiger partial charge is 0.309 e. The van der Waals surface area contributed by atoms with Crippen LogP contribution in [0.3, 0.4) is 0 Å². The molecule has 0 aliphatic carbocycles. The van der Waals surface area contributed by atoms with E-state index in [0.29, 0.717) is 5.82 Å². The maximum absolute atomic E-state index is 5.14. The molecule has 234 valence electrons. The second-order valence-electron chi connectivity index (χ2n) is 12.6. The van der Waals surface area contributed by atoms with Gasteiger partial charge in [-0.05, 0) is 59.7 Å². The summed E-state index contributed by atoms with van der Waals surface area (Å²) in [5.41, 5.74) is 10.7. The van der Waals surface area contributed by atoms with Crippen molar-refractivity contribution in [3.63, 3.8) is 0 Å². The highest BCUT2D eigenvalue weighted by atomic mass is 32.1. The van der Waals surface area contributed by atoms with Gasteiger partial charge < -0.3 is 4.57 Å². The van der Waals surface area contributed by atoms with Crippen LogP contribution in [0.2, 0.25) is 0 Å². The van der Waals surface area contributed by atoms with Crippen molar-refractivity contribution in [3.8, 4) is 50.7 Å². The van der Waals surface area contributed by atoms with Gasteiger partial charge in [-0.1, -0.05) is 127 Å². The Bertz CT molecular complexity index is 2800. The summed E-state index contributed by atoms with van der Waals surface area (Å²) in [6, 6.07) is 62.5. The van der Waals surface area contributed by atoms with Gasteiger partial charge in [0.05, 0.1) is 22.4 Å². The van der Waals surface area contributed by atoms with Gasteiger partial charge in [0, 0.05) is 53.3 Å². The predicted molar refractivity (Wildman–Crippen MR) is 211 cm³/mol. The first-order valence-electron chi connectivity index (χ1n) is 16.8. The van der Waals surface area contributed by atoms with Gasteiger partial charge in [-0.15, -0.1) is 11.3 Å². The predicted octanol–water partition coefficient (Wildman–Crippen LogP) is 12.6. The first-order chi connectivity index (χ1) is 24.8. The lowest BCUT2D eigenvalue weighted by atomic mass is 10.0. The third-order valence-electron chi connectivity index (χ3n) is 9.60. The van der Waals surface area contributed by atoms with Crippen molar-refractivity contribution in [1.82, 2.24) is 14.5 Å². The number of thiophene rings is 1. The Morgan fingerprint density at radius 2 is 0.980 bits per heavy atom. The summed E-state index contributed by atoms with van der Waals surface area (Å²) in [4.78, 5) is 10.3. The van der Waals surface area contributed by atoms with Gasteiger partial charge in [-0.2, -0.15) is 0 Å². The Morgan fingerprint density at radius 3 is 1.70 bits per heavy atom. The van der Waals surface area contributed by atoms with Gasteiger partial charge in [0.15, 0.2) is 5.82 Å². The van der Waals surface area contributed by atoms with Crippen LogP contribution in [0.4, 0.5) is 0 Å². The van der Waals surface area contributed by atoms with E-state index in [1.54, 1.807) is 0 Å². The average Bonchev–Trinajstić information content (AvgIpc) is 3.72. The summed E-state index contributed by atoms with van der Waals surface area (Å²) in [6.07, 6.45) is 0. The molecule has 0 bridgehead atoms. The fourth-order valence-electron chi connectivity index (χ4n) is 7.20. The van der Waals surface area contributed by atoms with Crippen LogP contribution in [-0.4, -0.2) is 14.5 Å². The fourth-order valence-corrected chi connectivity index (χ4v) is 8.33. The topological polar surface area (TPSA) is 30.7 Å². The number of hydrogen-bond donors (Lipinski definition) is 0. The van der Waals surface area contributed by atoms with Crippen LogP contribution in [0.1, 0.15) is 0 Å². The smallest absolute Gasteiger partial charge is 0.160 e. The molecule has 3 heterocycles. The van der Waals surface area contributed by atoms with Crippen molar-refractivity contribution < 1.29 is 0 Å². The zero-order chi connectivity index (χ0) is 33.0. The molecule has 4 heteroatoms. The van der Waals surface area contributed by atoms with E-state index in [4.69, 9.17) is 9.97 Å². The number of hydrogen-bond acceptors (Lipinski definition) is 3. The summed E-state index contributed by atoms with van der Waals surface area (Å²) in [5, 5.41) is 5.06. The average molecular weight is 656 g/mol. The molecule has 7 aromatic carbocycles. The first-order valence-corrected chi connectivity index (χ1v) is 17.6. The highest BCUT2D eigenvalue weighted by Gasteiger charge is 2.18. The maximum atomic E-state index is 5.14. The number of aromatic nitrogens is 3. The van der Waals surface area contributed by atoms with Gasteiger partial charge in [-0.3, -0.25) is 0 Å². The number of benzene rings is 7. The van der Waals surface area contributed by atoms with Crippen molar-refractivity contribution in [2.24, 2.45) is 0 Å². The Hall–Kier alpha value is -6.36. The minimum Gasteiger partial charge on any atom is -0.309 e. The molecule has 0 amide bonds. The second-order valence-corrected chi connectivity index (χ2v) is 13.7. The van der Waals surface area contributed by atoms with Crippen molar-refractivity contribution in [3.05, 3.63) is 176 Å². The van der Waals surface area contributed by atoms with Crippen LogP contribution in [0.5, 0.6) is 0 Å². The van der Waals surface area contributed by atoms with E-state index >= 15 is 0 Å². The normalized spacial score (nSPS) is 11.6. The van der Waals surface area contributed by atoms with Crippen LogP contribution in [0, 0.1) is 0 Å². The lowest BCUT2D eigenvalue weighted by Gasteiger charge is -2.12. The Morgan fingerprint density at radius 1 is 0.360 bits per heavy atom. The fraction of sp³-hybridized carbons (Fsp3) is 0. The summed E-state index contributed by atoms with van der Waals surface area (Å²) in [6.45, 7) is 0. The van der Waals surface area contributed by atoms with E-state index in [2.05, 4.69) is 168 Å². The molecule has 10 aromatic rings. The molecule has 0 aliphatic heterocycles. The van der Waals surface area contributed by atoms with Gasteiger partial charge in [0.25, 0.3) is 0 Å². The van der Waals surface area contributed by atoms with Crippen molar-refractivity contribution in [2.45, 2.75) is 0 Å². The third-order valence-corrected chi connectivity index (χ3v) is 10.7. The van der Waals surface area contributed by atoms with Crippen LogP contribution in [0.15, 0.2) is 176 Å². The van der Waals surface area contributed by atoms with E-state index in [1.807, 2.05) is 23.5 Å². The molecule has 0 unspecified atom stereocenters. The summed E-state index contributed by atoms with van der Waals surface area (Å²) in [5.74, 6) is 0.699. The van der Waals surface area contributed by atoms with Crippen LogP contribution >= 0.6 is 11.3 Å². The highest BCUT2D eigenvalue weighted by Crippen LogP contribution is 2.42. The summed E-state index contributed by atoms with van der Waals surface area (Å²) < 4.78 is 5.02. The third kappa shape index (κ3) is 4.80. The van der Waals surface area contributed by atoms with E-state index in [0.717, 1.165) is 33.8 Å². The standard InChI is InChI=1S/C46H29N3S/c1-4-13-30(14-5-1)33-23-24-42-37(26-33)38-28-45-39(36-21-10-11-22-44(36)50-45)27-43(38)49(42)35-20-12-19-34(25-35)46-47-40(31-15-6-2-7-16-31)29-41(48-46)32-17-8-3-9-18-32/h1-29H. The van der Waals surface area contributed by atoms with E-state index in [1.165, 1.54) is 53.1 Å². The van der Waals surface area contributed by atoms with Crippen molar-refractivity contribution >= 4 is 53.3 Å². The Labute approximate surface area is 293 Å². The molecule has 10 rings (SSSR count). The lowest BCUT2D eigenvalue weighted by Crippen LogP contribution is -1.98. The molecule has 3 aromatic heterocycles. The Balaban J connectivity index is 1.21. The van der Waals surface area contributed by atoms with E-state index in [9.17, 15) is 0 Å². The number of fused-ring (bicyclic) bond motifs is 6. The summed E-state index contributed by atoms with van der Waals surface area (Å²) in [7, 11) is 0. The highest BCUT2D eigenvalue weighted by molar-refractivity contribution is 7.25. The second kappa shape index (κ2) is 11.7. The molecule has 0 aliphatic rings. The van der Waals surface area contributed by atoms with Crippen molar-refractivity contribution in [1.29, 1.82) is 0 Å². The Kier molecular flexibility index (Phi) is 6.68. The zero-order valence-corrected chi connectivity index (χ0v) is 27.8. The van der Waals surface area contributed by atoms with Gasteiger partial charge in [0.2, 0.25) is 0 Å². The SMILES string of the molecule is c1ccc(-c2ccc3c(c2)c2cc4sc5ccccc5c4cc2n3-c2cccc(-c3nc(-c4ccccc4)cc(-c4ccccc4)n3)c2)cc1. The minimum absolute atomic E-state index is 0.699. The van der Waals surface area contributed by atoms with Gasteiger partial charge in [0.1, 0.15) is 0 Å². The number of rotatable bonds is 5. The van der Waals surface area contributed by atoms with Crippen LogP contribution in [0.25, 0.3) is 92.7 Å². The molecule has 0 spiro atoms. The monoisotopic (exact) mass is 655 g/mol. The van der Waals surface area contributed by atoms with Crippen LogP contribution in [-0.2, 0) is 0 Å². The quantitative estimate of drug-likeness (QED) is 0.185. The lowest BCUT2D eigenvalue weighted by molar-refractivity contribution is 1.16. The molecular formula is C46H29N3S. The maximum Gasteiger partial charge on any atom is 0.160 e. The van der Waals surface area contributed by atoms with Crippen molar-refractivity contribution in [2.75, 3.05) is 0 Å². The molecule has 0 atom stereocenters. The molecule has 0 radical (unpaired) electrons. The van der Waals surface area contributed by atoms with Gasteiger partial charge >= 0.3 is 0 Å². The molecule has 3 nitrogen and oxygen atoms in total. The van der Waals surface area contributed by atoms with Crippen LogP contribution < -0.4 is 0 Å². The minimum atomic E-state index is 0.699. The number of nitrogens with zero attached hydrogens (tertiary/aromatic N) is 3. The van der Waals surface area contributed by atoms with E-state index < -0.39 is 0 Å². The van der Waals surface area contributed by atoms with Gasteiger partial charge in [-0.25, -0.2) is 9.97 Å². The molecule has 0 fully saturated rings. The molecule has 0 saturated heterocycles. The molecule has 0 N–H and O–H groups in total. The zero-order valence-electron chi connectivity index (χ0n) is 27.0. The molecule has 50 heavy (non-hydrogen) atoms.